The van der Waals surface area contributed by atoms with Gasteiger partial charge in [-0.1, -0.05) is 20.0 Å². The molecule has 2 aromatic heterocycles. The van der Waals surface area contributed by atoms with Gasteiger partial charge in [0.05, 0.1) is 35.4 Å². The average Bonchev–Trinajstić information content (AvgIpc) is 3.39. The van der Waals surface area contributed by atoms with Crippen LogP contribution in [0, 0.1) is 0 Å². The lowest BCUT2D eigenvalue weighted by Gasteiger charge is -2.43. The number of halogens is 3. The molecule has 55 heavy (non-hydrogen) atoms. The predicted octanol–water partition coefficient (Wildman–Crippen LogP) is 7.63. The summed E-state index contributed by atoms with van der Waals surface area (Å²) in [7, 11) is -3.23. The van der Waals surface area contributed by atoms with Crippen LogP contribution in [0.3, 0.4) is 0 Å². The molecule has 2 atom stereocenters. The van der Waals surface area contributed by atoms with Crippen LogP contribution < -0.4 is 16.2 Å². The van der Waals surface area contributed by atoms with Crippen molar-refractivity contribution in [1.29, 1.82) is 0 Å². The van der Waals surface area contributed by atoms with Gasteiger partial charge < -0.3 is 28.8 Å². The number of cyclic esters (lactones) is 1. The van der Waals surface area contributed by atoms with Crippen molar-refractivity contribution in [3.8, 4) is 11.4 Å². The second-order valence-electron chi connectivity index (χ2n) is 16.5. The van der Waals surface area contributed by atoms with Crippen LogP contribution in [-0.2, 0) is 40.7 Å². The number of esters is 2. The van der Waals surface area contributed by atoms with E-state index >= 15 is 0 Å². The molecule has 4 heterocycles. The first-order valence-electron chi connectivity index (χ1n) is 18.0. The van der Waals surface area contributed by atoms with Crippen LogP contribution in [0.25, 0.3) is 22.3 Å². The van der Waals surface area contributed by atoms with Crippen molar-refractivity contribution >= 4 is 48.8 Å². The molecule has 2 aliphatic rings. The summed E-state index contributed by atoms with van der Waals surface area (Å²) in [6.07, 6.45) is -7.56. The number of hydrogen-bond acceptors (Lipinski definition) is 10. The Balaban J connectivity index is 1.57. The minimum Gasteiger partial charge on any atom is -0.458 e. The van der Waals surface area contributed by atoms with E-state index in [2.05, 4.69) is 10.6 Å². The van der Waals surface area contributed by atoms with E-state index in [9.17, 15) is 37.1 Å². The molecule has 2 amide bonds. The summed E-state index contributed by atoms with van der Waals surface area (Å²) < 4.78 is 64.2. The fourth-order valence-corrected chi connectivity index (χ4v) is 9.36. The van der Waals surface area contributed by atoms with Crippen molar-refractivity contribution in [3.63, 3.8) is 0 Å². The van der Waals surface area contributed by atoms with Crippen molar-refractivity contribution in [3.05, 3.63) is 57.4 Å². The minimum atomic E-state index is -4.48. The average molecular weight is 789 g/mol. The molecule has 17 heteroatoms. The molecule has 13 nitrogen and oxygen atoms in total. The largest absolute Gasteiger partial charge is 0.458 e. The van der Waals surface area contributed by atoms with Crippen LogP contribution in [0.1, 0.15) is 90.1 Å². The molecule has 2 aliphatic heterocycles. The standard InChI is InChI=1S/C38H47F3N4O9Si/c1-10-37(52-27(46)13-15-42-33(49)53-35(2,3)4)24-19-26-29-22(17-21-18-23(11-12-25(21)44-29)43-34(50)54-36(5,6)7)20-45(26)30(47)28(24)31(51-32(37)48)55(8,9)16-14-38(39,40)41/h11-12,17-19,31H,10,13-16,20H2,1-9H3,(H,42,49)(H,43,50). The molecule has 2 unspecified atom stereocenters. The van der Waals surface area contributed by atoms with Gasteiger partial charge >= 0.3 is 30.3 Å². The Labute approximate surface area is 317 Å². The van der Waals surface area contributed by atoms with Gasteiger partial charge in [0.1, 0.15) is 25.0 Å². The number of carbonyl (C=O) groups excluding carboxylic acids is 4. The molecule has 0 bridgehead atoms. The molecule has 298 valence electrons. The monoisotopic (exact) mass is 788 g/mol. The Morgan fingerprint density at radius 3 is 2.27 bits per heavy atom. The number of rotatable bonds is 9. The highest BCUT2D eigenvalue weighted by atomic mass is 28.3. The molecule has 0 saturated carbocycles. The fourth-order valence-electron chi connectivity index (χ4n) is 6.68. The van der Waals surface area contributed by atoms with Gasteiger partial charge in [0.15, 0.2) is 0 Å². The normalized spacial score (nSPS) is 18.1. The predicted molar refractivity (Wildman–Crippen MR) is 199 cm³/mol. The highest BCUT2D eigenvalue weighted by Gasteiger charge is 2.56. The number of fused-ring (bicyclic) bond motifs is 5. The quantitative estimate of drug-likeness (QED) is 0.0979. The third kappa shape index (κ3) is 9.14. The number of alkyl halides is 3. The SMILES string of the molecule is CCC1(OC(=O)CCNC(=O)OC(C)(C)C)C(=O)OC([Si](C)(C)CCC(F)(F)F)c2c1cc1n(c2=O)Cc2cc3cc(NC(=O)OC(C)(C)C)ccc3nc2-1. The first-order valence-corrected chi connectivity index (χ1v) is 21.3. The number of ether oxygens (including phenoxy) is 4. The Kier molecular flexibility index (Phi) is 11.0. The van der Waals surface area contributed by atoms with Crippen LogP contribution >= 0.6 is 0 Å². The molecule has 0 aliphatic carbocycles. The van der Waals surface area contributed by atoms with E-state index in [0.29, 0.717) is 33.5 Å². The van der Waals surface area contributed by atoms with Gasteiger partial charge in [-0.15, -0.1) is 0 Å². The van der Waals surface area contributed by atoms with Crippen LogP contribution in [-0.4, -0.2) is 65.7 Å². The number of benzene rings is 1. The number of aromatic nitrogens is 2. The van der Waals surface area contributed by atoms with Gasteiger partial charge in [-0.2, -0.15) is 13.2 Å². The van der Waals surface area contributed by atoms with Crippen molar-refractivity contribution in [2.75, 3.05) is 11.9 Å². The number of amides is 2. The lowest BCUT2D eigenvalue weighted by Crippen LogP contribution is -2.54. The van der Waals surface area contributed by atoms with Gasteiger partial charge in [0.25, 0.3) is 5.56 Å². The van der Waals surface area contributed by atoms with Crippen molar-refractivity contribution in [1.82, 2.24) is 14.9 Å². The molecule has 0 radical (unpaired) electrons. The van der Waals surface area contributed by atoms with Gasteiger partial charge in [-0.25, -0.2) is 19.4 Å². The lowest BCUT2D eigenvalue weighted by atomic mass is 9.85. The van der Waals surface area contributed by atoms with E-state index in [1.54, 1.807) is 85.8 Å². The summed E-state index contributed by atoms with van der Waals surface area (Å²) in [5.74, 6) is -1.90. The molecule has 1 aromatic carbocycles. The number of anilines is 1. The molecule has 5 rings (SSSR count). The maximum atomic E-state index is 14.7. The molecule has 3 aromatic rings. The van der Waals surface area contributed by atoms with E-state index < -0.39 is 72.9 Å². The topological polar surface area (TPSA) is 164 Å². The fraction of sp³-hybridized carbons (Fsp3) is 0.526. The third-order valence-electron chi connectivity index (χ3n) is 9.25. The maximum Gasteiger partial charge on any atom is 0.412 e. The third-order valence-corrected chi connectivity index (χ3v) is 12.6. The second-order valence-corrected chi connectivity index (χ2v) is 21.5. The Bertz CT molecular complexity index is 2100. The number of nitrogens with zero attached hydrogens (tertiary/aromatic N) is 2. The first-order chi connectivity index (χ1) is 25.3. The van der Waals surface area contributed by atoms with E-state index in [-0.39, 0.29) is 43.1 Å². The van der Waals surface area contributed by atoms with Gasteiger partial charge in [-0.05, 0) is 84.3 Å². The van der Waals surface area contributed by atoms with E-state index in [4.69, 9.17) is 23.9 Å². The first kappa shape index (κ1) is 41.2. The zero-order valence-electron chi connectivity index (χ0n) is 32.4. The molecule has 0 saturated heterocycles. The van der Waals surface area contributed by atoms with Crippen LogP contribution in [0.15, 0.2) is 35.1 Å². The summed E-state index contributed by atoms with van der Waals surface area (Å²) in [5, 5.41) is 5.80. The summed E-state index contributed by atoms with van der Waals surface area (Å²) in [6.45, 7) is 14.9. The van der Waals surface area contributed by atoms with Gasteiger partial charge in [0, 0.05) is 35.2 Å². The van der Waals surface area contributed by atoms with Crippen LogP contribution in [0.4, 0.5) is 28.4 Å². The summed E-state index contributed by atoms with van der Waals surface area (Å²) in [6, 6.07) is 8.07. The van der Waals surface area contributed by atoms with Crippen LogP contribution in [0.2, 0.25) is 19.1 Å². The molecule has 2 N–H and O–H groups in total. The maximum absolute atomic E-state index is 14.7. The lowest BCUT2D eigenvalue weighted by molar-refractivity contribution is -0.190. The molecular weight excluding hydrogens is 742 g/mol. The van der Waals surface area contributed by atoms with E-state index in [0.717, 1.165) is 0 Å². The number of hydrogen-bond donors (Lipinski definition) is 2. The molecular formula is C38H47F3N4O9Si. The molecule has 0 spiro atoms. The van der Waals surface area contributed by atoms with Crippen molar-refractivity contribution in [2.24, 2.45) is 0 Å². The molecule has 0 fully saturated rings. The smallest absolute Gasteiger partial charge is 0.412 e. The van der Waals surface area contributed by atoms with E-state index in [1.807, 2.05) is 6.07 Å². The number of nitrogens with one attached hydrogen (secondary N) is 2. The van der Waals surface area contributed by atoms with Crippen LogP contribution in [0.5, 0.6) is 0 Å². The summed E-state index contributed by atoms with van der Waals surface area (Å²) in [4.78, 5) is 71.5. The number of carbonyl (C=O) groups is 4. The Morgan fingerprint density at radius 1 is 1.00 bits per heavy atom. The van der Waals surface area contributed by atoms with Gasteiger partial charge in [0.2, 0.25) is 5.60 Å². The Morgan fingerprint density at radius 2 is 1.65 bits per heavy atom. The highest BCUT2D eigenvalue weighted by Crippen LogP contribution is 2.48. The number of pyridine rings is 2. The van der Waals surface area contributed by atoms with Gasteiger partial charge in [-0.3, -0.25) is 14.9 Å². The zero-order chi connectivity index (χ0) is 40.9. The second kappa shape index (κ2) is 14.6. The Hall–Kier alpha value is -4.93. The number of alkyl carbamates (subject to hydrolysis) is 1. The minimum absolute atomic E-state index is 0.0280. The zero-order valence-corrected chi connectivity index (χ0v) is 33.4. The van der Waals surface area contributed by atoms with E-state index in [1.165, 1.54) is 4.57 Å². The van der Waals surface area contributed by atoms with Crippen molar-refractivity contribution in [2.45, 2.75) is 122 Å². The summed E-state index contributed by atoms with van der Waals surface area (Å²) >= 11 is 0. The highest BCUT2D eigenvalue weighted by molar-refractivity contribution is 6.78. The van der Waals surface area contributed by atoms with Crippen molar-refractivity contribution < 1.29 is 51.3 Å². The summed E-state index contributed by atoms with van der Waals surface area (Å²) in [5.41, 5.74) is -3.17.